The number of piperidine rings is 1. The second-order valence-electron chi connectivity index (χ2n) is 8.97. The third kappa shape index (κ3) is 4.73. The van der Waals surface area contributed by atoms with Crippen molar-refractivity contribution in [2.75, 3.05) is 6.54 Å². The van der Waals surface area contributed by atoms with Crippen LogP contribution in [0.4, 0.5) is 4.79 Å². The van der Waals surface area contributed by atoms with Crippen molar-refractivity contribution >= 4 is 36.9 Å². The van der Waals surface area contributed by atoms with Gasteiger partial charge in [-0.15, -0.1) is 0 Å². The van der Waals surface area contributed by atoms with E-state index in [1.807, 2.05) is 27.7 Å². The predicted molar refractivity (Wildman–Crippen MR) is 118 cm³/mol. The second kappa shape index (κ2) is 8.01. The van der Waals surface area contributed by atoms with E-state index in [-0.39, 0.29) is 18.2 Å². The Morgan fingerprint density at radius 2 is 1.93 bits per heavy atom. The molecule has 0 bridgehead atoms. The molecule has 153 valence electrons. The number of fused-ring (bicyclic) bond motifs is 1. The molecule has 7 radical (unpaired) electrons. The molecule has 1 amide bonds. The Bertz CT molecular complexity index is 800. The highest BCUT2D eigenvalue weighted by molar-refractivity contribution is 6.60. The number of carbonyl (C=O) groups excluding carboxylic acids is 1. The van der Waals surface area contributed by atoms with Gasteiger partial charge in [-0.1, -0.05) is 6.82 Å². The maximum atomic E-state index is 12.4. The van der Waals surface area contributed by atoms with Gasteiger partial charge in [-0.2, -0.15) is 0 Å². The largest absolute Gasteiger partial charge is 0.501 e. The van der Waals surface area contributed by atoms with Crippen LogP contribution in [0.2, 0.25) is 6.82 Å². The Balaban J connectivity index is 1.64. The summed E-state index contributed by atoms with van der Waals surface area (Å²) in [6.07, 6.45) is 1.02. The lowest BCUT2D eigenvalue weighted by atomic mass is 9.35. The maximum Gasteiger partial charge on any atom is 0.410 e. The first kappa shape index (κ1) is 22.8. The lowest BCUT2D eigenvalue weighted by Crippen LogP contribution is -2.67. The fourth-order valence-electron chi connectivity index (χ4n) is 3.55. The van der Waals surface area contributed by atoms with Gasteiger partial charge >= 0.3 is 6.09 Å². The molecule has 2 heterocycles. The molecule has 1 saturated heterocycles. The van der Waals surface area contributed by atoms with E-state index in [2.05, 4.69) is 0 Å². The van der Waals surface area contributed by atoms with Gasteiger partial charge in [-0.05, 0) is 39.8 Å². The van der Waals surface area contributed by atoms with Crippen molar-refractivity contribution in [3.8, 4) is 17.2 Å². The molecular weight excluding hydrogens is 377 g/mol. The van der Waals surface area contributed by atoms with Crippen molar-refractivity contribution in [3.63, 3.8) is 0 Å². The monoisotopic (exact) mass is 404 g/mol. The van der Waals surface area contributed by atoms with Crippen molar-refractivity contribution in [1.29, 1.82) is 0 Å². The highest BCUT2D eigenvalue weighted by Gasteiger charge is 2.46. The van der Waals surface area contributed by atoms with Gasteiger partial charge in [0.25, 0.3) is 0 Å². The van der Waals surface area contributed by atoms with Crippen LogP contribution in [0.15, 0.2) is 18.2 Å². The van der Waals surface area contributed by atoms with E-state index >= 15 is 0 Å². The van der Waals surface area contributed by atoms with Gasteiger partial charge in [0.15, 0.2) is 18.8 Å². The lowest BCUT2D eigenvalue weighted by Gasteiger charge is -2.49. The zero-order chi connectivity index (χ0) is 22.3. The van der Waals surface area contributed by atoms with Gasteiger partial charge in [0.2, 0.25) is 0 Å². The highest BCUT2D eigenvalue weighted by Crippen LogP contribution is 2.42. The second-order valence-corrected chi connectivity index (χ2v) is 8.97. The third-order valence-electron chi connectivity index (χ3n) is 5.27. The van der Waals surface area contributed by atoms with Crippen molar-refractivity contribution in [2.24, 2.45) is 0 Å². The Kier molecular flexibility index (Phi) is 6.09. The molecule has 0 spiro atoms. The summed E-state index contributed by atoms with van der Waals surface area (Å²) in [5.41, 5.74) is -0.521. The summed E-state index contributed by atoms with van der Waals surface area (Å²) in [7, 11) is 19.7. The van der Waals surface area contributed by atoms with Crippen molar-refractivity contribution in [2.45, 2.75) is 75.9 Å². The standard InChI is InChI=1S/C20H26B4NO5/c1-12-10-14(8-9-25(12)17(26)30-18(2,3)4)27-13-6-7-15-16(11-13)28-19(21,22)20(23,24-5)29-15/h6-7,11-12,14H,8-10H2,1-5H3/t12-,14+,20?/m1/s1. The van der Waals surface area contributed by atoms with Gasteiger partial charge in [-0.25, -0.2) is 4.79 Å². The number of likely N-dealkylation sites (tertiary alicyclic amines) is 1. The molecule has 6 nitrogen and oxygen atoms in total. The van der Waals surface area contributed by atoms with Crippen LogP contribution in [0.5, 0.6) is 17.2 Å². The Morgan fingerprint density at radius 3 is 2.53 bits per heavy atom. The van der Waals surface area contributed by atoms with E-state index in [1.165, 1.54) is 0 Å². The summed E-state index contributed by atoms with van der Waals surface area (Å²) < 4.78 is 23.1. The molecule has 1 unspecified atom stereocenters. The fraction of sp³-hybridized carbons (Fsp3) is 0.650. The molecular formula is C20H26B4NO5. The molecule has 0 saturated carbocycles. The number of ether oxygens (including phenoxy) is 4. The molecule has 10 heteroatoms. The Hall–Kier alpha value is -1.85. The molecule has 1 aromatic carbocycles. The Morgan fingerprint density at radius 1 is 1.23 bits per heavy atom. The van der Waals surface area contributed by atoms with E-state index in [9.17, 15) is 4.79 Å². The number of amides is 1. The Labute approximate surface area is 183 Å². The number of benzene rings is 1. The van der Waals surface area contributed by atoms with E-state index < -0.39 is 16.4 Å². The van der Waals surface area contributed by atoms with Crippen LogP contribution in [0.3, 0.4) is 0 Å². The average molecular weight is 404 g/mol. The maximum absolute atomic E-state index is 12.4. The van der Waals surface area contributed by atoms with Crippen LogP contribution in [0, 0.1) is 0 Å². The molecule has 3 atom stereocenters. The predicted octanol–water partition coefficient (Wildman–Crippen LogP) is 2.19. The molecule has 1 aromatic rings. The summed E-state index contributed by atoms with van der Waals surface area (Å²) in [4.78, 5) is 14.1. The van der Waals surface area contributed by atoms with E-state index in [4.69, 9.17) is 42.5 Å². The summed E-state index contributed by atoms with van der Waals surface area (Å²) in [6.45, 7) is 9.82. The molecule has 2 aliphatic heterocycles. The van der Waals surface area contributed by atoms with E-state index in [0.29, 0.717) is 36.6 Å². The van der Waals surface area contributed by atoms with Crippen molar-refractivity contribution in [3.05, 3.63) is 18.2 Å². The summed E-state index contributed by atoms with van der Waals surface area (Å²) in [5.74, 6) is 1.39. The van der Waals surface area contributed by atoms with Crippen molar-refractivity contribution < 1.29 is 23.7 Å². The van der Waals surface area contributed by atoms with Crippen LogP contribution in [-0.4, -0.2) is 76.9 Å². The number of hydrogen-bond donors (Lipinski definition) is 0. The van der Waals surface area contributed by atoms with Crippen LogP contribution >= 0.6 is 0 Å². The lowest BCUT2D eigenvalue weighted by molar-refractivity contribution is -0.00115. The number of hydrogen-bond acceptors (Lipinski definition) is 5. The molecule has 0 aromatic heterocycles. The minimum absolute atomic E-state index is 0.00510. The SMILES string of the molecule is [B]C1([B])Oc2cc(O[C@H]3CCN(C(=O)OC(C)(C)C)[C@H](C)C3)ccc2OC1([B])[B]C. The third-order valence-corrected chi connectivity index (χ3v) is 5.27. The average Bonchev–Trinajstić information content (AvgIpc) is 2.61. The first-order valence-corrected chi connectivity index (χ1v) is 10.2. The zero-order valence-corrected chi connectivity index (χ0v) is 18.3. The molecule has 2 aliphatic rings. The smallest absolute Gasteiger partial charge is 0.410 e. The van der Waals surface area contributed by atoms with Gasteiger partial charge in [0, 0.05) is 36.9 Å². The van der Waals surface area contributed by atoms with Gasteiger partial charge in [0.05, 0.1) is 5.40 Å². The summed E-state index contributed by atoms with van der Waals surface area (Å²) >= 11 is 0. The zero-order valence-electron chi connectivity index (χ0n) is 18.3. The molecule has 1 fully saturated rings. The first-order valence-electron chi connectivity index (χ1n) is 10.2. The number of carbonyl (C=O) groups is 1. The molecule has 0 aliphatic carbocycles. The van der Waals surface area contributed by atoms with E-state index in [1.54, 1.807) is 37.2 Å². The van der Waals surface area contributed by atoms with Gasteiger partial charge in [-0.3, -0.25) is 0 Å². The quantitative estimate of drug-likeness (QED) is 0.724. The topological polar surface area (TPSA) is 57.2 Å². The highest BCUT2D eigenvalue weighted by atomic mass is 16.6. The summed E-state index contributed by atoms with van der Waals surface area (Å²) in [5, 5.41) is -3.17. The minimum Gasteiger partial charge on any atom is -0.501 e. The fourth-order valence-corrected chi connectivity index (χ4v) is 3.55. The van der Waals surface area contributed by atoms with Crippen LogP contribution in [0.25, 0.3) is 0 Å². The van der Waals surface area contributed by atoms with E-state index in [0.717, 1.165) is 0 Å². The molecule has 3 rings (SSSR count). The number of nitrogens with zero attached hydrogens (tertiary/aromatic N) is 1. The van der Waals surface area contributed by atoms with Gasteiger partial charge < -0.3 is 23.8 Å². The first-order chi connectivity index (χ1) is 13.8. The van der Waals surface area contributed by atoms with Crippen LogP contribution < -0.4 is 14.2 Å². The molecule has 30 heavy (non-hydrogen) atoms. The van der Waals surface area contributed by atoms with Crippen molar-refractivity contribution in [1.82, 2.24) is 4.90 Å². The van der Waals surface area contributed by atoms with Gasteiger partial charge in [0.1, 0.15) is 41.0 Å². The molecule has 0 N–H and O–H groups in total. The minimum atomic E-state index is -1.72. The van der Waals surface area contributed by atoms with Crippen LogP contribution in [0.1, 0.15) is 40.5 Å². The summed E-state index contributed by atoms with van der Waals surface area (Å²) in [6, 6.07) is 5.17. The normalized spacial score (nSPS) is 27.8. The number of rotatable bonds is 3. The van der Waals surface area contributed by atoms with Crippen LogP contribution in [-0.2, 0) is 4.74 Å².